The van der Waals surface area contributed by atoms with Crippen molar-refractivity contribution in [2.75, 3.05) is 6.54 Å². The smallest absolute Gasteiger partial charge is 0.237 e. The number of nitrogens with one attached hydrogen (secondary N) is 2. The van der Waals surface area contributed by atoms with Gasteiger partial charge in [-0.1, -0.05) is 51.1 Å². The summed E-state index contributed by atoms with van der Waals surface area (Å²) < 4.78 is 0. The van der Waals surface area contributed by atoms with Crippen LogP contribution in [0.1, 0.15) is 38.8 Å². The largest absolute Gasteiger partial charge is 0.347 e. The fraction of sp³-hybridized carbons (Fsp3) is 0.533. The average Bonchev–Trinajstić information content (AvgIpc) is 2.31. The van der Waals surface area contributed by atoms with E-state index in [0.29, 0.717) is 0 Å². The number of amides is 1. The van der Waals surface area contributed by atoms with Gasteiger partial charge in [0.15, 0.2) is 0 Å². The summed E-state index contributed by atoms with van der Waals surface area (Å²) in [5.41, 5.74) is 1.32. The number of rotatable bonds is 2. The van der Waals surface area contributed by atoms with E-state index >= 15 is 0 Å². The molecule has 1 aliphatic heterocycles. The lowest BCUT2D eigenvalue weighted by atomic mass is 9.86. The fourth-order valence-electron chi connectivity index (χ4n) is 2.34. The predicted molar refractivity (Wildman–Crippen MR) is 94.0 cm³/mol. The van der Waals surface area contributed by atoms with Gasteiger partial charge in [-0.05, 0) is 17.4 Å². The van der Waals surface area contributed by atoms with Crippen LogP contribution < -0.4 is 10.6 Å². The lowest BCUT2D eigenvalue weighted by Crippen LogP contribution is -2.55. The van der Waals surface area contributed by atoms with Crippen molar-refractivity contribution in [1.82, 2.24) is 10.6 Å². The topological polar surface area (TPSA) is 41.1 Å². The third kappa shape index (κ3) is 5.38. The van der Waals surface area contributed by atoms with Crippen LogP contribution in [-0.4, -0.2) is 18.5 Å². The molecule has 0 bridgehead atoms. The fourth-order valence-corrected chi connectivity index (χ4v) is 2.34. The highest BCUT2D eigenvalue weighted by Gasteiger charge is 2.30. The van der Waals surface area contributed by atoms with Gasteiger partial charge < -0.3 is 10.6 Å². The van der Waals surface area contributed by atoms with Crippen LogP contribution in [0, 0.1) is 5.41 Å². The third-order valence-electron chi connectivity index (χ3n) is 3.22. The lowest BCUT2D eigenvalue weighted by Gasteiger charge is -2.33. The van der Waals surface area contributed by atoms with Crippen LogP contribution in [0.25, 0.3) is 0 Å². The van der Waals surface area contributed by atoms with E-state index in [0.717, 1.165) is 18.5 Å². The van der Waals surface area contributed by atoms with Crippen molar-refractivity contribution in [2.24, 2.45) is 5.41 Å². The number of piperazine rings is 1. The van der Waals surface area contributed by atoms with Gasteiger partial charge >= 0.3 is 0 Å². The summed E-state index contributed by atoms with van der Waals surface area (Å²) in [7, 11) is 0. The minimum atomic E-state index is -0.0648. The molecule has 0 spiro atoms. The molecule has 2 atom stereocenters. The minimum absolute atomic E-state index is 0. The molecule has 20 heavy (non-hydrogen) atoms. The van der Waals surface area contributed by atoms with Crippen LogP contribution in [0.5, 0.6) is 0 Å². The summed E-state index contributed by atoms with van der Waals surface area (Å²) in [5.74, 6) is 0.116. The first-order chi connectivity index (χ1) is 8.46. The van der Waals surface area contributed by atoms with E-state index in [1.54, 1.807) is 0 Å². The molecular formula is C15H26N2OS2. The van der Waals surface area contributed by atoms with E-state index in [2.05, 4.69) is 43.5 Å². The van der Waals surface area contributed by atoms with E-state index in [9.17, 15) is 4.79 Å². The van der Waals surface area contributed by atoms with Crippen molar-refractivity contribution < 1.29 is 4.79 Å². The van der Waals surface area contributed by atoms with E-state index in [1.165, 1.54) is 0 Å². The molecule has 1 aromatic rings. The zero-order chi connectivity index (χ0) is 13.2. The maximum absolute atomic E-state index is 12.1. The van der Waals surface area contributed by atoms with Gasteiger partial charge in [0.2, 0.25) is 5.91 Å². The highest BCUT2D eigenvalue weighted by molar-refractivity contribution is 7.59. The summed E-state index contributed by atoms with van der Waals surface area (Å²) in [6.45, 7) is 7.28. The first-order valence-electron chi connectivity index (χ1n) is 6.54. The summed E-state index contributed by atoms with van der Waals surface area (Å²) in [5, 5.41) is 6.47. The molecular weight excluding hydrogens is 288 g/mol. The number of hydrogen-bond donors (Lipinski definition) is 2. The van der Waals surface area contributed by atoms with Crippen molar-refractivity contribution in [3.05, 3.63) is 35.9 Å². The van der Waals surface area contributed by atoms with E-state index in [-0.39, 0.29) is 50.4 Å². The Morgan fingerprint density at radius 2 is 1.75 bits per heavy atom. The van der Waals surface area contributed by atoms with Crippen LogP contribution in [-0.2, 0) is 4.79 Å². The van der Waals surface area contributed by atoms with Gasteiger partial charge in [-0.25, -0.2) is 0 Å². The quantitative estimate of drug-likeness (QED) is 0.880. The van der Waals surface area contributed by atoms with Gasteiger partial charge in [0.05, 0.1) is 12.1 Å². The van der Waals surface area contributed by atoms with Gasteiger partial charge in [-0.3, -0.25) is 4.79 Å². The Morgan fingerprint density at radius 3 is 2.25 bits per heavy atom. The molecule has 1 saturated heterocycles. The molecule has 114 valence electrons. The highest BCUT2D eigenvalue weighted by atomic mass is 32.1. The Hall–Kier alpha value is -0.650. The monoisotopic (exact) mass is 314 g/mol. The van der Waals surface area contributed by atoms with Crippen LogP contribution >= 0.6 is 27.0 Å². The predicted octanol–water partition coefficient (Wildman–Crippen LogP) is 2.48. The Kier molecular flexibility index (Phi) is 7.70. The summed E-state index contributed by atoms with van der Waals surface area (Å²) in [6, 6.07) is 10.1. The molecule has 0 saturated carbocycles. The standard InChI is InChI=1S/C15H22N2O.2H2S/c1-15(2,3)9-12-14(18)17-13(10-16-12)11-7-5-4-6-8-11;;/h4-8,12-13,16H,9-10H2,1-3H3,(H,17,18);2*1H2/t12-,13+;;/m0../s1. The van der Waals surface area contributed by atoms with Gasteiger partial charge in [-0.15, -0.1) is 0 Å². The average molecular weight is 315 g/mol. The maximum Gasteiger partial charge on any atom is 0.237 e. The molecule has 1 aliphatic rings. The van der Waals surface area contributed by atoms with Crippen LogP contribution in [0.4, 0.5) is 0 Å². The second-order valence-electron chi connectivity index (χ2n) is 6.20. The molecule has 0 aromatic heterocycles. The van der Waals surface area contributed by atoms with Crippen molar-refractivity contribution in [1.29, 1.82) is 0 Å². The zero-order valence-electron chi connectivity index (χ0n) is 12.4. The van der Waals surface area contributed by atoms with Crippen molar-refractivity contribution in [2.45, 2.75) is 39.3 Å². The Bertz CT molecular complexity index is 418. The van der Waals surface area contributed by atoms with Crippen molar-refractivity contribution >= 4 is 32.9 Å². The minimum Gasteiger partial charge on any atom is -0.347 e. The van der Waals surface area contributed by atoms with Crippen LogP contribution in [0.15, 0.2) is 30.3 Å². The zero-order valence-corrected chi connectivity index (χ0v) is 14.4. The second-order valence-corrected chi connectivity index (χ2v) is 6.20. The van der Waals surface area contributed by atoms with E-state index < -0.39 is 0 Å². The molecule has 1 amide bonds. The first-order valence-corrected chi connectivity index (χ1v) is 6.54. The van der Waals surface area contributed by atoms with Crippen molar-refractivity contribution in [3.8, 4) is 0 Å². The maximum atomic E-state index is 12.1. The lowest BCUT2D eigenvalue weighted by molar-refractivity contribution is -0.126. The molecule has 2 rings (SSSR count). The molecule has 3 nitrogen and oxygen atoms in total. The molecule has 5 heteroatoms. The molecule has 1 aromatic carbocycles. The summed E-state index contributed by atoms with van der Waals surface area (Å²) in [6.07, 6.45) is 0.861. The van der Waals surface area contributed by atoms with Gasteiger partial charge in [-0.2, -0.15) is 27.0 Å². The summed E-state index contributed by atoms with van der Waals surface area (Å²) in [4.78, 5) is 12.1. The second kappa shape index (κ2) is 7.96. The Labute approximate surface area is 135 Å². The van der Waals surface area contributed by atoms with Crippen molar-refractivity contribution in [3.63, 3.8) is 0 Å². The molecule has 1 fully saturated rings. The van der Waals surface area contributed by atoms with E-state index in [4.69, 9.17) is 0 Å². The van der Waals surface area contributed by atoms with Gasteiger partial charge in [0.1, 0.15) is 0 Å². The molecule has 0 aliphatic carbocycles. The van der Waals surface area contributed by atoms with Gasteiger partial charge in [0, 0.05) is 6.54 Å². The Morgan fingerprint density at radius 1 is 1.15 bits per heavy atom. The van der Waals surface area contributed by atoms with Crippen LogP contribution in [0.2, 0.25) is 0 Å². The number of benzene rings is 1. The summed E-state index contributed by atoms with van der Waals surface area (Å²) >= 11 is 0. The molecule has 0 radical (unpaired) electrons. The number of carbonyl (C=O) groups is 1. The number of hydrogen-bond acceptors (Lipinski definition) is 2. The van der Waals surface area contributed by atoms with Crippen LogP contribution in [0.3, 0.4) is 0 Å². The highest BCUT2D eigenvalue weighted by Crippen LogP contribution is 2.23. The molecule has 0 unspecified atom stereocenters. The molecule has 2 N–H and O–H groups in total. The first kappa shape index (κ1) is 19.4. The third-order valence-corrected chi connectivity index (χ3v) is 3.22. The van der Waals surface area contributed by atoms with Gasteiger partial charge in [0.25, 0.3) is 0 Å². The van der Waals surface area contributed by atoms with E-state index in [1.807, 2.05) is 18.2 Å². The SMILES string of the molecule is CC(C)(C)C[C@@H]1NC[C@H](c2ccccc2)NC1=O.S.S. The molecule has 1 heterocycles. The normalized spacial score (nSPS) is 22.2. The Balaban J connectivity index is 0.00000180. The number of carbonyl (C=O) groups excluding carboxylic acids is 1.